The standard InChI is InChI=1S/C24H25ClN6/c1-29-13-15-30(16-14-29)23-24-27-17-22(31(24)12-11-26-23)21-8-4-6-19(28-21)10-9-18-5-2-3-7-20(18)25/h2-8,11-12,17H,9-10,13-16H2,1H3. The molecule has 158 valence electrons. The predicted molar refractivity (Wildman–Crippen MR) is 125 cm³/mol. The molecule has 1 aromatic carbocycles. The molecule has 4 aromatic rings. The molecule has 0 N–H and O–H groups in total. The molecule has 31 heavy (non-hydrogen) atoms. The second-order valence-electron chi connectivity index (χ2n) is 7.98. The molecular weight excluding hydrogens is 408 g/mol. The molecule has 0 bridgehead atoms. The summed E-state index contributed by atoms with van der Waals surface area (Å²) in [6.07, 6.45) is 7.42. The van der Waals surface area contributed by atoms with E-state index in [4.69, 9.17) is 21.6 Å². The van der Waals surface area contributed by atoms with Crippen molar-refractivity contribution in [2.24, 2.45) is 0 Å². The van der Waals surface area contributed by atoms with Crippen LogP contribution in [0.15, 0.2) is 61.1 Å². The summed E-state index contributed by atoms with van der Waals surface area (Å²) >= 11 is 6.31. The second-order valence-corrected chi connectivity index (χ2v) is 8.39. The van der Waals surface area contributed by atoms with Crippen LogP contribution in [0.1, 0.15) is 11.3 Å². The van der Waals surface area contributed by atoms with Crippen LogP contribution in [0.4, 0.5) is 5.82 Å². The fraction of sp³-hybridized carbons (Fsp3) is 0.292. The van der Waals surface area contributed by atoms with Crippen LogP contribution in [0.5, 0.6) is 0 Å². The van der Waals surface area contributed by atoms with Gasteiger partial charge in [-0.1, -0.05) is 35.9 Å². The highest BCUT2D eigenvalue weighted by Crippen LogP contribution is 2.25. The van der Waals surface area contributed by atoms with Crippen molar-refractivity contribution >= 4 is 23.1 Å². The van der Waals surface area contributed by atoms with E-state index in [-0.39, 0.29) is 0 Å². The van der Waals surface area contributed by atoms with Gasteiger partial charge in [0.1, 0.15) is 0 Å². The fourth-order valence-electron chi connectivity index (χ4n) is 4.06. The molecule has 6 nitrogen and oxygen atoms in total. The van der Waals surface area contributed by atoms with Gasteiger partial charge >= 0.3 is 0 Å². The lowest BCUT2D eigenvalue weighted by Crippen LogP contribution is -2.45. The highest BCUT2D eigenvalue weighted by molar-refractivity contribution is 6.31. The smallest absolute Gasteiger partial charge is 0.180 e. The number of hydrogen-bond acceptors (Lipinski definition) is 5. The molecule has 0 atom stereocenters. The number of aromatic nitrogens is 4. The average Bonchev–Trinajstić information content (AvgIpc) is 3.24. The molecule has 1 aliphatic heterocycles. The normalized spacial score (nSPS) is 15.0. The summed E-state index contributed by atoms with van der Waals surface area (Å²) in [5.41, 5.74) is 4.96. The topological polar surface area (TPSA) is 49.6 Å². The van der Waals surface area contributed by atoms with E-state index in [9.17, 15) is 0 Å². The highest BCUT2D eigenvalue weighted by Gasteiger charge is 2.20. The Morgan fingerprint density at radius 3 is 2.61 bits per heavy atom. The number of piperazine rings is 1. The quantitative estimate of drug-likeness (QED) is 0.477. The van der Waals surface area contributed by atoms with Crippen molar-refractivity contribution < 1.29 is 0 Å². The van der Waals surface area contributed by atoms with Crippen LogP contribution in [0, 0.1) is 0 Å². The van der Waals surface area contributed by atoms with E-state index in [0.717, 1.165) is 78.2 Å². The van der Waals surface area contributed by atoms with Gasteiger partial charge in [0.15, 0.2) is 11.5 Å². The lowest BCUT2D eigenvalue weighted by molar-refractivity contribution is 0.312. The van der Waals surface area contributed by atoms with E-state index in [2.05, 4.69) is 44.4 Å². The van der Waals surface area contributed by atoms with E-state index >= 15 is 0 Å². The van der Waals surface area contributed by atoms with Crippen LogP contribution in [0.25, 0.3) is 17.0 Å². The molecule has 0 radical (unpaired) electrons. The number of rotatable bonds is 5. The van der Waals surface area contributed by atoms with Gasteiger partial charge in [-0.05, 0) is 43.7 Å². The Hall–Kier alpha value is -2.96. The van der Waals surface area contributed by atoms with E-state index in [1.165, 1.54) is 0 Å². The van der Waals surface area contributed by atoms with E-state index in [0.29, 0.717) is 0 Å². The van der Waals surface area contributed by atoms with Gasteiger partial charge < -0.3 is 9.80 Å². The Morgan fingerprint density at radius 1 is 0.935 bits per heavy atom. The number of anilines is 1. The Balaban J connectivity index is 1.41. The first-order chi connectivity index (χ1) is 15.2. The molecule has 0 aliphatic carbocycles. The molecule has 0 spiro atoms. The second kappa shape index (κ2) is 8.65. The van der Waals surface area contributed by atoms with Crippen LogP contribution in [-0.2, 0) is 12.8 Å². The Bertz CT molecular complexity index is 1200. The maximum Gasteiger partial charge on any atom is 0.180 e. The molecule has 5 rings (SSSR count). The summed E-state index contributed by atoms with van der Waals surface area (Å²) < 4.78 is 2.10. The van der Waals surface area contributed by atoms with Gasteiger partial charge in [-0.2, -0.15) is 0 Å². The van der Waals surface area contributed by atoms with E-state index in [1.54, 1.807) is 0 Å². The number of likely N-dealkylation sites (N-methyl/N-ethyl adjacent to an activating group) is 1. The van der Waals surface area contributed by atoms with Gasteiger partial charge in [-0.15, -0.1) is 0 Å². The summed E-state index contributed by atoms with van der Waals surface area (Å²) in [6.45, 7) is 3.99. The monoisotopic (exact) mass is 432 g/mol. The molecule has 1 fully saturated rings. The molecule has 0 unspecified atom stereocenters. The van der Waals surface area contributed by atoms with Crippen LogP contribution >= 0.6 is 11.6 Å². The van der Waals surface area contributed by atoms with Crippen molar-refractivity contribution in [1.82, 2.24) is 24.3 Å². The Kier molecular flexibility index (Phi) is 5.57. The molecular formula is C24H25ClN6. The zero-order valence-corrected chi connectivity index (χ0v) is 18.3. The number of aryl methyl sites for hydroxylation is 2. The summed E-state index contributed by atoms with van der Waals surface area (Å²) in [5.74, 6) is 0.941. The van der Waals surface area contributed by atoms with Gasteiger partial charge in [0.25, 0.3) is 0 Å². The minimum absolute atomic E-state index is 0.810. The number of benzene rings is 1. The average molecular weight is 433 g/mol. The predicted octanol–water partition coefficient (Wildman–Crippen LogP) is 3.98. The lowest BCUT2D eigenvalue weighted by atomic mass is 10.1. The third-order valence-corrected chi connectivity index (χ3v) is 6.26. The van der Waals surface area contributed by atoms with Crippen molar-refractivity contribution in [3.8, 4) is 11.4 Å². The van der Waals surface area contributed by atoms with Crippen molar-refractivity contribution in [3.05, 3.63) is 77.3 Å². The molecule has 0 amide bonds. The van der Waals surface area contributed by atoms with Crippen LogP contribution < -0.4 is 4.90 Å². The summed E-state index contributed by atoms with van der Waals surface area (Å²) in [7, 11) is 2.16. The lowest BCUT2D eigenvalue weighted by Gasteiger charge is -2.33. The number of hydrogen-bond donors (Lipinski definition) is 0. The maximum absolute atomic E-state index is 6.31. The van der Waals surface area contributed by atoms with Crippen molar-refractivity contribution in [2.75, 3.05) is 38.1 Å². The summed E-state index contributed by atoms with van der Waals surface area (Å²) in [5, 5.41) is 0.810. The van der Waals surface area contributed by atoms with Crippen LogP contribution in [0.2, 0.25) is 5.02 Å². The van der Waals surface area contributed by atoms with E-state index < -0.39 is 0 Å². The number of fused-ring (bicyclic) bond motifs is 1. The van der Waals surface area contributed by atoms with E-state index in [1.807, 2.05) is 42.9 Å². The molecule has 3 aromatic heterocycles. The minimum Gasteiger partial charge on any atom is -0.351 e. The maximum atomic E-state index is 6.31. The van der Waals surface area contributed by atoms with Crippen molar-refractivity contribution in [2.45, 2.75) is 12.8 Å². The molecule has 1 saturated heterocycles. The van der Waals surface area contributed by atoms with Crippen molar-refractivity contribution in [3.63, 3.8) is 0 Å². The molecule has 1 aliphatic rings. The van der Waals surface area contributed by atoms with Gasteiger partial charge in [0.05, 0.1) is 17.6 Å². The third-order valence-electron chi connectivity index (χ3n) is 5.89. The number of nitrogens with zero attached hydrogens (tertiary/aromatic N) is 6. The highest BCUT2D eigenvalue weighted by atomic mass is 35.5. The van der Waals surface area contributed by atoms with Gasteiger partial charge in [0, 0.05) is 49.3 Å². The van der Waals surface area contributed by atoms with Gasteiger partial charge in [-0.3, -0.25) is 9.38 Å². The first kappa shape index (κ1) is 20.0. The largest absolute Gasteiger partial charge is 0.351 e. The zero-order valence-electron chi connectivity index (χ0n) is 17.6. The molecule has 7 heteroatoms. The third kappa shape index (κ3) is 4.13. The van der Waals surface area contributed by atoms with Gasteiger partial charge in [0.2, 0.25) is 0 Å². The Labute approximate surface area is 187 Å². The zero-order chi connectivity index (χ0) is 21.2. The van der Waals surface area contributed by atoms with Gasteiger partial charge in [-0.25, -0.2) is 9.97 Å². The number of pyridine rings is 1. The molecule has 4 heterocycles. The Morgan fingerprint density at radius 2 is 1.77 bits per heavy atom. The molecule has 0 saturated carbocycles. The summed E-state index contributed by atoms with van der Waals surface area (Å²) in [6, 6.07) is 14.2. The van der Waals surface area contributed by atoms with Crippen LogP contribution in [-0.4, -0.2) is 57.5 Å². The number of imidazole rings is 1. The minimum atomic E-state index is 0.810. The fourth-order valence-corrected chi connectivity index (χ4v) is 4.29. The van der Waals surface area contributed by atoms with Crippen LogP contribution in [0.3, 0.4) is 0 Å². The van der Waals surface area contributed by atoms with Crippen molar-refractivity contribution in [1.29, 1.82) is 0 Å². The first-order valence-electron chi connectivity index (χ1n) is 10.6. The SMILES string of the molecule is CN1CCN(c2nccn3c(-c4cccc(CCc5ccccc5Cl)n4)cnc23)CC1. The summed E-state index contributed by atoms with van der Waals surface area (Å²) in [4.78, 5) is 18.9. The number of halogens is 1. The first-order valence-corrected chi connectivity index (χ1v) is 11.0.